The molecule has 0 radical (unpaired) electrons. The number of methoxy groups -OCH3 is 1. The largest absolute Gasteiger partial charge is 0.465 e. The molecule has 1 aromatic rings. The number of ether oxygens (including phenoxy) is 1. The van der Waals surface area contributed by atoms with Gasteiger partial charge in [-0.15, -0.1) is 0 Å². The van der Waals surface area contributed by atoms with Crippen LogP contribution in [0.15, 0.2) is 22.1 Å². The third kappa shape index (κ3) is 3.38. The molecule has 3 rings (SSSR count). The number of benzene rings is 1. The number of aliphatic imine (C=N–C) groups is 2. The molecule has 0 unspecified atom stereocenters. The number of esters is 1. The second-order valence-electron chi connectivity index (χ2n) is 6.99. The van der Waals surface area contributed by atoms with Crippen molar-refractivity contribution in [2.75, 3.05) is 12.0 Å². The molecule has 0 saturated heterocycles. The van der Waals surface area contributed by atoms with Crippen LogP contribution in [0.25, 0.3) is 0 Å². The van der Waals surface area contributed by atoms with E-state index in [-0.39, 0.29) is 28.7 Å². The van der Waals surface area contributed by atoms with E-state index in [0.717, 1.165) is 31.4 Å². The molecule has 0 aromatic heterocycles. The molecule has 1 aliphatic heterocycles. The van der Waals surface area contributed by atoms with Crippen LogP contribution in [0.4, 0.5) is 18.9 Å². The number of hydrogen-bond donors (Lipinski definition) is 2. The quantitative estimate of drug-likeness (QED) is 0.747. The molecule has 2 aliphatic rings. The lowest BCUT2D eigenvalue weighted by Gasteiger charge is -2.46. The Labute approximate surface area is 160 Å². The summed E-state index contributed by atoms with van der Waals surface area (Å²) < 4.78 is 45.5. The molecule has 4 N–H and O–H groups in total. The zero-order valence-electron chi connectivity index (χ0n) is 15.6. The Kier molecular flexibility index (Phi) is 4.99. The molecule has 1 saturated carbocycles. The van der Waals surface area contributed by atoms with E-state index in [1.54, 1.807) is 0 Å². The molecule has 28 heavy (non-hydrogen) atoms. The van der Waals surface area contributed by atoms with Gasteiger partial charge in [0.15, 0.2) is 0 Å². The van der Waals surface area contributed by atoms with E-state index in [4.69, 9.17) is 16.2 Å². The lowest BCUT2D eigenvalue weighted by atomic mass is 9.86. The molecule has 1 aliphatic carbocycles. The number of guanidine groups is 2. The van der Waals surface area contributed by atoms with Crippen LogP contribution < -0.4 is 16.4 Å². The highest BCUT2D eigenvalue weighted by molar-refractivity contribution is 6.09. The lowest BCUT2D eigenvalue weighted by molar-refractivity contribution is -0.138. The summed E-state index contributed by atoms with van der Waals surface area (Å²) in [5.41, 5.74) is 9.89. The minimum absolute atomic E-state index is 0.0292. The summed E-state index contributed by atoms with van der Waals surface area (Å²) in [4.78, 5) is 22.2. The maximum atomic E-state index is 13.6. The molecule has 7 nitrogen and oxygen atoms in total. The highest BCUT2D eigenvalue weighted by Crippen LogP contribution is 2.43. The molecular weight excluding hydrogens is 375 g/mol. The molecule has 1 spiro atoms. The van der Waals surface area contributed by atoms with Crippen LogP contribution in [0, 0.1) is 6.92 Å². The van der Waals surface area contributed by atoms with Gasteiger partial charge in [-0.1, -0.05) is 6.42 Å². The third-order valence-electron chi connectivity index (χ3n) is 5.15. The maximum absolute atomic E-state index is 13.6. The summed E-state index contributed by atoms with van der Waals surface area (Å²) in [6.45, 7) is 1.29. The number of anilines is 1. The fourth-order valence-corrected chi connectivity index (χ4v) is 3.93. The number of carbonyl (C=O) groups excluding carboxylic acids is 1. The summed E-state index contributed by atoms with van der Waals surface area (Å²) in [5.74, 6) is -0.900. The van der Waals surface area contributed by atoms with Gasteiger partial charge in [0.2, 0.25) is 11.9 Å². The lowest BCUT2D eigenvalue weighted by Crippen LogP contribution is -2.58. The van der Waals surface area contributed by atoms with Gasteiger partial charge < -0.3 is 16.2 Å². The van der Waals surface area contributed by atoms with Gasteiger partial charge in [0.25, 0.3) is 0 Å². The van der Waals surface area contributed by atoms with Crippen LogP contribution >= 0.6 is 0 Å². The zero-order chi connectivity index (χ0) is 20.7. The molecular formula is C18H22F3N5O2. The monoisotopic (exact) mass is 397 g/mol. The summed E-state index contributed by atoms with van der Waals surface area (Å²) in [6.07, 6.45) is -0.984. The van der Waals surface area contributed by atoms with Gasteiger partial charge >= 0.3 is 12.1 Å². The topological polar surface area (TPSA) is 106 Å². The summed E-state index contributed by atoms with van der Waals surface area (Å²) in [5, 5.41) is 0. The van der Waals surface area contributed by atoms with E-state index in [1.165, 1.54) is 18.9 Å². The summed E-state index contributed by atoms with van der Waals surface area (Å²) in [6, 6.07) is 2.08. The van der Waals surface area contributed by atoms with Gasteiger partial charge in [-0.25, -0.2) is 9.79 Å². The minimum atomic E-state index is -4.60. The average molecular weight is 397 g/mol. The van der Waals surface area contributed by atoms with E-state index < -0.39 is 23.4 Å². The predicted octanol–water partition coefficient (Wildman–Crippen LogP) is 2.91. The predicted molar refractivity (Wildman–Crippen MR) is 99.1 cm³/mol. The second kappa shape index (κ2) is 6.99. The van der Waals surface area contributed by atoms with Gasteiger partial charge in [-0.05, 0) is 50.3 Å². The van der Waals surface area contributed by atoms with Crippen LogP contribution in [0.3, 0.4) is 0 Å². The Morgan fingerprint density at radius 2 is 1.86 bits per heavy atom. The number of nitrogens with two attached hydrogens (primary N) is 2. The molecule has 152 valence electrons. The molecule has 10 heteroatoms. The second-order valence-corrected chi connectivity index (χ2v) is 6.99. The Balaban J connectivity index is 2.27. The normalized spacial score (nSPS) is 19.2. The number of nitrogens with zero attached hydrogens (tertiary/aromatic N) is 3. The van der Waals surface area contributed by atoms with Gasteiger partial charge in [-0.3, -0.25) is 4.90 Å². The van der Waals surface area contributed by atoms with Crippen LogP contribution in [-0.2, 0) is 10.9 Å². The van der Waals surface area contributed by atoms with E-state index in [0.29, 0.717) is 12.8 Å². The number of hydrogen-bond acceptors (Lipinski definition) is 7. The van der Waals surface area contributed by atoms with Crippen molar-refractivity contribution in [3.63, 3.8) is 0 Å². The van der Waals surface area contributed by atoms with Crippen molar-refractivity contribution in [3.05, 3.63) is 28.8 Å². The van der Waals surface area contributed by atoms with Gasteiger partial charge in [0, 0.05) is 0 Å². The van der Waals surface area contributed by atoms with E-state index >= 15 is 0 Å². The summed E-state index contributed by atoms with van der Waals surface area (Å²) in [7, 11) is 1.17. The van der Waals surface area contributed by atoms with Crippen LogP contribution in [0.5, 0.6) is 0 Å². The number of rotatable bonds is 2. The highest BCUT2D eigenvalue weighted by atomic mass is 19.4. The van der Waals surface area contributed by atoms with Crippen molar-refractivity contribution in [1.82, 2.24) is 0 Å². The maximum Gasteiger partial charge on any atom is 0.416 e. The van der Waals surface area contributed by atoms with Crippen LogP contribution in [-0.4, -0.2) is 30.7 Å². The first-order valence-corrected chi connectivity index (χ1v) is 8.89. The van der Waals surface area contributed by atoms with E-state index in [2.05, 4.69) is 9.98 Å². The first kappa shape index (κ1) is 20.0. The molecule has 1 aromatic carbocycles. The average Bonchev–Trinajstić information content (AvgIpc) is 2.60. The molecule has 1 fully saturated rings. The SMILES string of the molecule is COC(=O)c1cc(C)c(C(F)(F)F)cc1N1C(N)=NC(N)=NC12CCCCC2. The highest BCUT2D eigenvalue weighted by Gasteiger charge is 2.45. The van der Waals surface area contributed by atoms with Crippen molar-refractivity contribution < 1.29 is 22.7 Å². The van der Waals surface area contributed by atoms with E-state index in [1.807, 2.05) is 0 Å². The first-order valence-electron chi connectivity index (χ1n) is 8.89. The molecule has 0 atom stereocenters. The van der Waals surface area contributed by atoms with Gasteiger partial charge in [0.1, 0.15) is 5.66 Å². The summed E-state index contributed by atoms with van der Waals surface area (Å²) >= 11 is 0. The molecule has 0 amide bonds. The van der Waals surface area contributed by atoms with Gasteiger partial charge in [0.05, 0.1) is 23.9 Å². The van der Waals surface area contributed by atoms with E-state index in [9.17, 15) is 18.0 Å². The third-order valence-corrected chi connectivity index (χ3v) is 5.15. The van der Waals surface area contributed by atoms with Gasteiger partial charge in [-0.2, -0.15) is 18.2 Å². The number of alkyl halides is 3. The number of aryl methyl sites for hydroxylation is 1. The number of carbonyl (C=O) groups is 1. The first-order chi connectivity index (χ1) is 13.1. The fraction of sp³-hybridized carbons (Fsp3) is 0.500. The van der Waals surface area contributed by atoms with Crippen LogP contribution in [0.2, 0.25) is 0 Å². The number of halogens is 3. The minimum Gasteiger partial charge on any atom is -0.465 e. The van der Waals surface area contributed by atoms with Crippen LogP contribution in [0.1, 0.15) is 53.6 Å². The van der Waals surface area contributed by atoms with Crippen molar-refractivity contribution in [2.45, 2.75) is 50.9 Å². The van der Waals surface area contributed by atoms with Crippen molar-refractivity contribution in [1.29, 1.82) is 0 Å². The van der Waals surface area contributed by atoms with Crippen molar-refractivity contribution in [2.24, 2.45) is 21.5 Å². The van der Waals surface area contributed by atoms with Crippen molar-refractivity contribution >= 4 is 23.6 Å². The smallest absolute Gasteiger partial charge is 0.416 e. The molecule has 1 heterocycles. The Bertz CT molecular complexity index is 858. The fourth-order valence-electron chi connectivity index (χ4n) is 3.93. The Morgan fingerprint density at radius 1 is 1.21 bits per heavy atom. The zero-order valence-corrected chi connectivity index (χ0v) is 15.6. The standard InChI is InChI=1S/C18H22F3N5O2/c1-10-8-11(14(27)28-2)13(9-12(10)18(19,20)21)26-16(23)24-15(22)25-17(26)6-4-3-5-7-17/h8-9H,3-7H2,1-2H3,(H4,22,23,24,25). The Morgan fingerprint density at radius 3 is 2.43 bits per heavy atom. The molecule has 0 bridgehead atoms. The van der Waals surface area contributed by atoms with Crippen molar-refractivity contribution in [3.8, 4) is 0 Å². The Hall–Kier alpha value is -2.78.